The minimum absolute atomic E-state index is 0.104. The number of ketones is 1. The highest BCUT2D eigenvalue weighted by Gasteiger charge is 2.46. The summed E-state index contributed by atoms with van der Waals surface area (Å²) in [5.41, 5.74) is 6.38. The normalized spacial score (nSPS) is 16.4. The van der Waals surface area contributed by atoms with Gasteiger partial charge in [0, 0.05) is 30.9 Å². The zero-order valence-corrected chi connectivity index (χ0v) is 24.5. The van der Waals surface area contributed by atoms with Crippen molar-refractivity contribution in [2.45, 2.75) is 60.5 Å². The molecule has 1 N–H and O–H groups in total. The Morgan fingerprint density at radius 1 is 0.900 bits per heavy atom. The predicted molar refractivity (Wildman–Crippen MR) is 161 cm³/mol. The molecule has 1 unspecified atom stereocenters. The summed E-state index contributed by atoms with van der Waals surface area (Å²) in [6.07, 6.45) is 0.887. The zero-order chi connectivity index (χ0) is 29.0. The monoisotopic (exact) mass is 540 g/mol. The van der Waals surface area contributed by atoms with Gasteiger partial charge in [0.1, 0.15) is 11.5 Å². The number of aryl methyl sites for hydroxylation is 3. The van der Waals surface area contributed by atoms with E-state index in [0.29, 0.717) is 12.2 Å². The van der Waals surface area contributed by atoms with Gasteiger partial charge in [0.15, 0.2) is 0 Å². The molecule has 0 aliphatic carbocycles. The number of hydrogen-bond acceptors (Lipinski definition) is 5. The van der Waals surface area contributed by atoms with Crippen molar-refractivity contribution in [3.8, 4) is 5.75 Å². The van der Waals surface area contributed by atoms with Gasteiger partial charge in [0.25, 0.3) is 11.7 Å². The first-order chi connectivity index (χ1) is 19.2. The van der Waals surface area contributed by atoms with Crippen LogP contribution >= 0.6 is 0 Å². The minimum atomic E-state index is -0.720. The van der Waals surface area contributed by atoms with E-state index in [2.05, 4.69) is 18.7 Å². The van der Waals surface area contributed by atoms with Crippen molar-refractivity contribution in [2.24, 2.45) is 0 Å². The molecule has 1 aliphatic heterocycles. The van der Waals surface area contributed by atoms with Gasteiger partial charge in [-0.3, -0.25) is 9.59 Å². The maximum absolute atomic E-state index is 13.6. The topological polar surface area (TPSA) is 70.1 Å². The summed E-state index contributed by atoms with van der Waals surface area (Å²) >= 11 is 0. The number of carbonyl (C=O) groups is 2. The fourth-order valence-corrected chi connectivity index (χ4v) is 5.33. The number of ether oxygens (including phenoxy) is 1. The van der Waals surface area contributed by atoms with Gasteiger partial charge < -0.3 is 19.6 Å². The average molecular weight is 541 g/mol. The second kappa shape index (κ2) is 12.4. The summed E-state index contributed by atoms with van der Waals surface area (Å²) in [6, 6.07) is 18.7. The first kappa shape index (κ1) is 28.9. The Bertz CT molecular complexity index is 1420. The first-order valence-electron chi connectivity index (χ1n) is 14.1. The molecule has 6 heteroatoms. The van der Waals surface area contributed by atoms with Gasteiger partial charge in [0.2, 0.25) is 0 Å². The van der Waals surface area contributed by atoms with Crippen LogP contribution in [-0.2, 0) is 16.1 Å². The van der Waals surface area contributed by atoms with Crippen LogP contribution < -0.4 is 9.64 Å². The molecule has 0 saturated carbocycles. The van der Waals surface area contributed by atoms with Gasteiger partial charge >= 0.3 is 0 Å². The third kappa shape index (κ3) is 5.76. The number of likely N-dealkylation sites (tertiary alicyclic amines) is 1. The molecule has 210 valence electrons. The summed E-state index contributed by atoms with van der Waals surface area (Å²) < 4.78 is 5.80. The average Bonchev–Trinajstić information content (AvgIpc) is 3.20. The van der Waals surface area contributed by atoms with Crippen molar-refractivity contribution in [3.63, 3.8) is 0 Å². The molecule has 1 atom stereocenters. The molecule has 0 spiro atoms. The van der Waals surface area contributed by atoms with Crippen LogP contribution in [0.1, 0.15) is 66.6 Å². The molecule has 1 heterocycles. The molecule has 40 heavy (non-hydrogen) atoms. The van der Waals surface area contributed by atoms with E-state index in [-0.39, 0.29) is 17.9 Å². The minimum Gasteiger partial charge on any atom is -0.507 e. The van der Waals surface area contributed by atoms with Gasteiger partial charge in [0.05, 0.1) is 18.2 Å². The summed E-state index contributed by atoms with van der Waals surface area (Å²) in [5, 5.41) is 11.6. The summed E-state index contributed by atoms with van der Waals surface area (Å²) in [7, 11) is 0. The van der Waals surface area contributed by atoms with E-state index in [4.69, 9.17) is 4.74 Å². The SMILES string of the molecule is CCCOc1ccc(/C(O)=C2/C(=O)C(=O)N(Cc3cc(C)ccc3C)C2c2ccc(N(CC)CC)cc2)cc1C. The van der Waals surface area contributed by atoms with Crippen LogP contribution in [0.15, 0.2) is 66.2 Å². The van der Waals surface area contributed by atoms with Crippen LogP contribution in [0.3, 0.4) is 0 Å². The van der Waals surface area contributed by atoms with Crippen LogP contribution in [0.4, 0.5) is 5.69 Å². The maximum Gasteiger partial charge on any atom is 0.295 e. The molecular formula is C34H40N2O4. The number of aliphatic hydroxyl groups excluding tert-OH is 1. The lowest BCUT2D eigenvalue weighted by molar-refractivity contribution is -0.140. The van der Waals surface area contributed by atoms with Crippen LogP contribution in [0.2, 0.25) is 0 Å². The molecule has 1 amide bonds. The largest absolute Gasteiger partial charge is 0.507 e. The highest BCUT2D eigenvalue weighted by Crippen LogP contribution is 2.41. The summed E-state index contributed by atoms with van der Waals surface area (Å²) in [5.74, 6) is -0.730. The highest BCUT2D eigenvalue weighted by molar-refractivity contribution is 6.46. The number of anilines is 1. The predicted octanol–water partition coefficient (Wildman–Crippen LogP) is 6.87. The number of benzene rings is 3. The smallest absolute Gasteiger partial charge is 0.295 e. The van der Waals surface area contributed by atoms with E-state index < -0.39 is 17.7 Å². The third-order valence-electron chi connectivity index (χ3n) is 7.63. The standard InChI is InChI=1S/C34H40N2O4/c1-7-18-40-29-17-14-26(20-24(29)6)32(37)30-31(25-12-15-28(16-13-25)35(8-2)9-3)36(34(39)33(30)38)21-27-19-22(4)10-11-23(27)5/h10-17,19-20,31,37H,7-9,18,21H2,1-6H3/b32-30-. The molecule has 1 fully saturated rings. The van der Waals surface area contributed by atoms with E-state index in [1.54, 1.807) is 23.1 Å². The van der Waals surface area contributed by atoms with Gasteiger partial charge in [-0.15, -0.1) is 0 Å². The van der Waals surface area contributed by atoms with E-state index in [1.807, 2.05) is 70.2 Å². The number of Topliss-reactive ketones (excluding diaryl/α,β-unsaturated/α-hetero) is 1. The van der Waals surface area contributed by atoms with Crippen molar-refractivity contribution < 1.29 is 19.4 Å². The molecule has 4 rings (SSSR count). The van der Waals surface area contributed by atoms with Crippen molar-refractivity contribution in [3.05, 3.63) is 99.6 Å². The van der Waals surface area contributed by atoms with Gasteiger partial charge in [-0.2, -0.15) is 0 Å². The third-order valence-corrected chi connectivity index (χ3v) is 7.63. The van der Waals surface area contributed by atoms with Crippen LogP contribution in [0.5, 0.6) is 5.75 Å². The first-order valence-corrected chi connectivity index (χ1v) is 14.1. The molecule has 0 aromatic heterocycles. The number of rotatable bonds is 10. The van der Waals surface area contributed by atoms with Gasteiger partial charge in [-0.05, 0) is 93.6 Å². The second-order valence-electron chi connectivity index (χ2n) is 10.4. The number of amides is 1. The molecular weight excluding hydrogens is 500 g/mol. The quantitative estimate of drug-likeness (QED) is 0.173. The molecule has 6 nitrogen and oxygen atoms in total. The maximum atomic E-state index is 13.6. The number of carbonyl (C=O) groups excluding carboxylic acids is 2. The summed E-state index contributed by atoms with van der Waals surface area (Å²) in [4.78, 5) is 30.9. The summed E-state index contributed by atoms with van der Waals surface area (Å²) in [6.45, 7) is 14.8. The Morgan fingerprint density at radius 2 is 1.60 bits per heavy atom. The van der Waals surface area contributed by atoms with E-state index >= 15 is 0 Å². The number of aliphatic hydroxyl groups is 1. The Kier molecular flexibility index (Phi) is 8.98. The lowest BCUT2D eigenvalue weighted by Crippen LogP contribution is -2.29. The van der Waals surface area contributed by atoms with Gasteiger partial charge in [-0.25, -0.2) is 0 Å². The van der Waals surface area contributed by atoms with Gasteiger partial charge in [-0.1, -0.05) is 42.8 Å². The lowest BCUT2D eigenvalue weighted by Gasteiger charge is -2.27. The fourth-order valence-electron chi connectivity index (χ4n) is 5.33. The fraction of sp³-hybridized carbons (Fsp3) is 0.353. The Balaban J connectivity index is 1.83. The zero-order valence-electron chi connectivity index (χ0n) is 24.5. The van der Waals surface area contributed by atoms with E-state index in [9.17, 15) is 14.7 Å². The molecule has 1 aliphatic rings. The molecule has 0 bridgehead atoms. The van der Waals surface area contributed by atoms with Crippen molar-refractivity contribution in [1.29, 1.82) is 0 Å². The van der Waals surface area contributed by atoms with Crippen LogP contribution in [-0.4, -0.2) is 41.4 Å². The van der Waals surface area contributed by atoms with Crippen LogP contribution in [0, 0.1) is 20.8 Å². The second-order valence-corrected chi connectivity index (χ2v) is 10.4. The van der Waals surface area contributed by atoms with E-state index in [0.717, 1.165) is 58.8 Å². The molecule has 0 radical (unpaired) electrons. The molecule has 1 saturated heterocycles. The lowest BCUT2D eigenvalue weighted by atomic mass is 9.94. The molecule has 3 aromatic rings. The van der Waals surface area contributed by atoms with Crippen molar-refractivity contribution >= 4 is 23.1 Å². The Morgan fingerprint density at radius 3 is 2.23 bits per heavy atom. The van der Waals surface area contributed by atoms with Crippen LogP contribution in [0.25, 0.3) is 5.76 Å². The van der Waals surface area contributed by atoms with Crippen molar-refractivity contribution in [2.75, 3.05) is 24.6 Å². The van der Waals surface area contributed by atoms with Crippen molar-refractivity contribution in [1.82, 2.24) is 4.90 Å². The molecule has 3 aromatic carbocycles. The number of nitrogens with zero attached hydrogens (tertiary/aromatic N) is 2. The Hall–Kier alpha value is -4.06. The number of hydrogen-bond donors (Lipinski definition) is 1. The Labute approximate surface area is 237 Å². The highest BCUT2D eigenvalue weighted by atomic mass is 16.5. The van der Waals surface area contributed by atoms with E-state index in [1.165, 1.54) is 0 Å².